The van der Waals surface area contributed by atoms with E-state index in [1.165, 1.54) is 0 Å². The van der Waals surface area contributed by atoms with Gasteiger partial charge >= 0.3 is 0 Å². The minimum absolute atomic E-state index is 0.158. The summed E-state index contributed by atoms with van der Waals surface area (Å²) in [6, 6.07) is 59.3. The van der Waals surface area contributed by atoms with Crippen molar-refractivity contribution in [3.05, 3.63) is 181 Å². The third kappa shape index (κ3) is 6.44. The quantitative estimate of drug-likeness (QED) is 0.116. The second kappa shape index (κ2) is 14.0. The Labute approximate surface area is 301 Å². The lowest BCUT2D eigenvalue weighted by molar-refractivity contribution is 0.527. The summed E-state index contributed by atoms with van der Waals surface area (Å²) in [5.74, 6) is 0.520. The number of aromatic nitrogens is 2. The van der Waals surface area contributed by atoms with E-state index in [0.717, 1.165) is 72.2 Å². The zero-order valence-electron chi connectivity index (χ0n) is 28.1. The highest BCUT2D eigenvalue weighted by Gasteiger charge is 2.16. The Kier molecular flexibility index (Phi) is 8.61. The topological polar surface area (TPSA) is 109 Å². The van der Waals surface area contributed by atoms with Crippen molar-refractivity contribution >= 4 is 22.7 Å². The smallest absolute Gasteiger partial charge is 0.285 e. The lowest BCUT2D eigenvalue weighted by Crippen LogP contribution is -2.19. The van der Waals surface area contributed by atoms with Crippen LogP contribution in [-0.2, 0) is 4.74 Å². The molecule has 8 aromatic rings. The van der Waals surface area contributed by atoms with Crippen LogP contribution in [0.25, 0.3) is 78.1 Å². The molecule has 0 spiro atoms. The first-order valence-corrected chi connectivity index (χ1v) is 16.9. The van der Waals surface area contributed by atoms with Gasteiger partial charge in [0.05, 0.1) is 11.4 Å². The van der Waals surface area contributed by atoms with Crippen molar-refractivity contribution in [2.75, 3.05) is 0 Å². The van der Waals surface area contributed by atoms with Crippen LogP contribution in [-0.4, -0.2) is 21.9 Å². The maximum absolute atomic E-state index is 8.05. The maximum atomic E-state index is 8.05. The van der Waals surface area contributed by atoms with Gasteiger partial charge in [0.1, 0.15) is 0 Å². The van der Waals surface area contributed by atoms with Gasteiger partial charge in [0.25, 0.3) is 6.02 Å². The minimum Gasteiger partial charge on any atom is -0.407 e. The number of hydrogen-bond acceptors (Lipinski definition) is 5. The Morgan fingerprint density at radius 1 is 0.423 bits per heavy atom. The van der Waals surface area contributed by atoms with E-state index in [2.05, 4.69) is 121 Å². The zero-order valence-corrected chi connectivity index (χ0v) is 28.1. The SMILES string of the molecule is N=C(N)OC(=N)c1ccc(-c2ccc(-c3ccc(-c4cc(-c5ccccc5)nc(-c5ccccc5-c5ccccc5)n4)cc3)c3ccccc23)cc1. The molecule has 52 heavy (non-hydrogen) atoms. The molecular formula is C46H33N5O. The average molecular weight is 672 g/mol. The van der Waals surface area contributed by atoms with Crippen LogP contribution in [0.15, 0.2) is 176 Å². The van der Waals surface area contributed by atoms with Crippen molar-refractivity contribution in [1.82, 2.24) is 9.97 Å². The third-order valence-electron chi connectivity index (χ3n) is 9.13. The lowest BCUT2D eigenvalue weighted by atomic mass is 9.91. The van der Waals surface area contributed by atoms with Crippen LogP contribution < -0.4 is 5.73 Å². The minimum atomic E-state index is -0.507. The summed E-state index contributed by atoms with van der Waals surface area (Å²) in [7, 11) is 0. The summed E-state index contributed by atoms with van der Waals surface area (Å²) >= 11 is 0. The molecule has 0 atom stereocenters. The molecule has 7 aromatic carbocycles. The number of nitrogens with one attached hydrogen (secondary N) is 2. The molecule has 0 amide bonds. The largest absolute Gasteiger partial charge is 0.407 e. The Balaban J connectivity index is 1.17. The van der Waals surface area contributed by atoms with Crippen molar-refractivity contribution < 1.29 is 4.74 Å². The van der Waals surface area contributed by atoms with E-state index >= 15 is 0 Å². The molecule has 0 saturated heterocycles. The fraction of sp³-hybridized carbons (Fsp3) is 0. The van der Waals surface area contributed by atoms with Crippen molar-refractivity contribution in [3.63, 3.8) is 0 Å². The monoisotopic (exact) mass is 671 g/mol. The molecule has 248 valence electrons. The number of hydrogen-bond donors (Lipinski definition) is 3. The highest BCUT2D eigenvalue weighted by atomic mass is 16.5. The van der Waals surface area contributed by atoms with E-state index in [1.54, 1.807) is 0 Å². The van der Waals surface area contributed by atoms with E-state index in [-0.39, 0.29) is 5.90 Å². The van der Waals surface area contributed by atoms with E-state index < -0.39 is 6.02 Å². The van der Waals surface area contributed by atoms with Crippen LogP contribution in [0.3, 0.4) is 0 Å². The van der Waals surface area contributed by atoms with E-state index in [4.69, 9.17) is 31.3 Å². The zero-order chi connectivity index (χ0) is 35.4. The van der Waals surface area contributed by atoms with Gasteiger partial charge in [-0.2, -0.15) is 0 Å². The summed E-state index contributed by atoms with van der Waals surface area (Å²) in [5, 5.41) is 17.6. The summed E-state index contributed by atoms with van der Waals surface area (Å²) < 4.78 is 4.96. The van der Waals surface area contributed by atoms with Gasteiger partial charge in [-0.3, -0.25) is 10.8 Å². The second-order valence-electron chi connectivity index (χ2n) is 12.4. The van der Waals surface area contributed by atoms with Crippen LogP contribution in [0.1, 0.15) is 5.56 Å². The number of rotatable bonds is 7. The molecule has 6 heteroatoms. The van der Waals surface area contributed by atoms with Crippen molar-refractivity contribution in [3.8, 4) is 67.3 Å². The van der Waals surface area contributed by atoms with Crippen LogP contribution in [0.2, 0.25) is 0 Å². The van der Waals surface area contributed by atoms with Crippen LogP contribution in [0.5, 0.6) is 0 Å². The molecule has 8 rings (SSSR count). The van der Waals surface area contributed by atoms with Crippen LogP contribution in [0, 0.1) is 10.8 Å². The van der Waals surface area contributed by atoms with Crippen molar-refractivity contribution in [2.45, 2.75) is 0 Å². The normalized spacial score (nSPS) is 10.9. The third-order valence-corrected chi connectivity index (χ3v) is 9.13. The first-order chi connectivity index (χ1) is 25.5. The molecule has 0 aliphatic carbocycles. The Morgan fingerprint density at radius 3 is 1.40 bits per heavy atom. The summed E-state index contributed by atoms with van der Waals surface area (Å²) in [6.45, 7) is 0. The van der Waals surface area contributed by atoms with Crippen molar-refractivity contribution in [1.29, 1.82) is 10.8 Å². The fourth-order valence-electron chi connectivity index (χ4n) is 6.61. The van der Waals surface area contributed by atoms with Gasteiger partial charge in [-0.15, -0.1) is 0 Å². The predicted octanol–water partition coefficient (Wildman–Crippen LogP) is 10.9. The summed E-state index contributed by atoms with van der Waals surface area (Å²) in [4.78, 5) is 10.3. The molecule has 0 fully saturated rings. The number of nitrogens with zero attached hydrogens (tertiary/aromatic N) is 2. The average Bonchev–Trinajstić information content (AvgIpc) is 3.21. The molecule has 0 radical (unpaired) electrons. The standard InChI is InChI=1S/C46H33N5O/c47-44(52-46(48)49)35-25-21-32(22-26-35)38-28-27-37(39-16-8-9-17-40(38)39)31-19-23-34(24-20-31)43-29-42(33-13-5-2-6-14-33)50-45(51-43)41-18-10-7-15-36(41)30-11-3-1-4-12-30/h1-29,47H,(H3,48,49). The maximum Gasteiger partial charge on any atom is 0.285 e. The van der Waals surface area contributed by atoms with E-state index in [9.17, 15) is 0 Å². The molecular weight excluding hydrogens is 639 g/mol. The molecule has 0 unspecified atom stereocenters. The number of nitrogens with two attached hydrogens (primary N) is 1. The lowest BCUT2D eigenvalue weighted by Gasteiger charge is -2.14. The van der Waals surface area contributed by atoms with Gasteiger partial charge in [-0.1, -0.05) is 158 Å². The number of amidine groups is 1. The molecule has 0 bridgehead atoms. The molecule has 1 heterocycles. The first kappa shape index (κ1) is 32.0. The van der Waals surface area contributed by atoms with Gasteiger partial charge in [0, 0.05) is 22.3 Å². The second-order valence-corrected chi connectivity index (χ2v) is 12.4. The summed E-state index contributed by atoms with van der Waals surface area (Å²) in [6.07, 6.45) is 0. The van der Waals surface area contributed by atoms with Gasteiger partial charge < -0.3 is 10.5 Å². The molecule has 6 nitrogen and oxygen atoms in total. The van der Waals surface area contributed by atoms with E-state index in [1.807, 2.05) is 54.6 Å². The highest BCUT2D eigenvalue weighted by molar-refractivity contribution is 6.05. The Hall–Kier alpha value is -7.18. The molecule has 0 saturated carbocycles. The highest BCUT2D eigenvalue weighted by Crippen LogP contribution is 2.37. The van der Waals surface area contributed by atoms with Gasteiger partial charge in [0.2, 0.25) is 5.90 Å². The summed E-state index contributed by atoms with van der Waals surface area (Å²) in [5.41, 5.74) is 17.1. The van der Waals surface area contributed by atoms with Crippen LogP contribution in [0.4, 0.5) is 0 Å². The van der Waals surface area contributed by atoms with Gasteiger partial charge in [0.15, 0.2) is 5.82 Å². The Morgan fingerprint density at radius 2 is 0.846 bits per heavy atom. The van der Waals surface area contributed by atoms with Crippen LogP contribution >= 0.6 is 0 Å². The van der Waals surface area contributed by atoms with E-state index in [0.29, 0.717) is 11.4 Å². The fourth-order valence-corrected chi connectivity index (χ4v) is 6.61. The molecule has 1 aromatic heterocycles. The number of ether oxygens (including phenoxy) is 1. The molecule has 4 N–H and O–H groups in total. The van der Waals surface area contributed by atoms with Crippen molar-refractivity contribution in [2.24, 2.45) is 5.73 Å². The number of benzene rings is 7. The predicted molar refractivity (Wildman–Crippen MR) is 212 cm³/mol. The Bertz CT molecular complexity index is 2570. The first-order valence-electron chi connectivity index (χ1n) is 16.9. The molecule has 0 aliphatic rings. The molecule has 0 aliphatic heterocycles. The van der Waals surface area contributed by atoms with Gasteiger partial charge in [-0.05, 0) is 62.4 Å². The number of fused-ring (bicyclic) bond motifs is 1. The van der Waals surface area contributed by atoms with Gasteiger partial charge in [-0.25, -0.2) is 9.97 Å².